The van der Waals surface area contributed by atoms with Gasteiger partial charge in [0, 0.05) is 13.2 Å². The van der Waals surface area contributed by atoms with E-state index in [1.54, 1.807) is 0 Å². The van der Waals surface area contributed by atoms with Crippen molar-refractivity contribution in [3.05, 3.63) is 30.2 Å². The molecule has 1 saturated heterocycles. The van der Waals surface area contributed by atoms with Crippen molar-refractivity contribution in [3.8, 4) is 11.5 Å². The average Bonchev–Trinajstić information content (AvgIpc) is 3.36. The molecule has 4 rings (SSSR count). The van der Waals surface area contributed by atoms with Gasteiger partial charge in [-0.2, -0.15) is 0 Å². The standard InChI is InChI=1S/C17H19N3O5S/c21-15(18-8-11-4-3-7-22-11)10-26-17-20-19-16(25-17)14-9-23-12-5-1-2-6-13(12)24-14/h1-2,5-6,11,14H,3-4,7-10H2,(H,18,21). The van der Waals surface area contributed by atoms with Crippen molar-refractivity contribution in [1.82, 2.24) is 15.5 Å². The number of aromatic nitrogens is 2. The lowest BCUT2D eigenvalue weighted by Crippen LogP contribution is -2.32. The Morgan fingerprint density at radius 3 is 3.00 bits per heavy atom. The Hall–Kier alpha value is -2.26. The summed E-state index contributed by atoms with van der Waals surface area (Å²) in [6, 6.07) is 7.42. The van der Waals surface area contributed by atoms with Gasteiger partial charge in [0.25, 0.3) is 11.1 Å². The van der Waals surface area contributed by atoms with Gasteiger partial charge in [-0.1, -0.05) is 23.9 Å². The number of hydrogen-bond donors (Lipinski definition) is 1. The summed E-state index contributed by atoms with van der Waals surface area (Å²) in [5.41, 5.74) is 0. The van der Waals surface area contributed by atoms with E-state index in [4.69, 9.17) is 18.6 Å². The number of carbonyl (C=O) groups is 1. The van der Waals surface area contributed by atoms with Gasteiger partial charge in [0.05, 0.1) is 11.9 Å². The molecule has 2 aliphatic rings. The fraction of sp³-hybridized carbons (Fsp3) is 0.471. The highest BCUT2D eigenvalue weighted by atomic mass is 32.2. The van der Waals surface area contributed by atoms with Crippen molar-refractivity contribution in [1.29, 1.82) is 0 Å². The van der Waals surface area contributed by atoms with Crippen molar-refractivity contribution < 1.29 is 23.4 Å². The zero-order valence-electron chi connectivity index (χ0n) is 14.1. The van der Waals surface area contributed by atoms with Gasteiger partial charge < -0.3 is 23.9 Å². The molecule has 9 heteroatoms. The third kappa shape index (κ3) is 4.10. The minimum absolute atomic E-state index is 0.0866. The Balaban J connectivity index is 1.26. The van der Waals surface area contributed by atoms with E-state index in [1.807, 2.05) is 24.3 Å². The SMILES string of the molecule is O=C(CSc1nnc(C2COc3ccccc3O2)o1)NCC1CCCO1. The van der Waals surface area contributed by atoms with Crippen molar-refractivity contribution in [2.75, 3.05) is 25.5 Å². The number of rotatable bonds is 6. The quantitative estimate of drug-likeness (QED) is 0.764. The van der Waals surface area contributed by atoms with Crippen molar-refractivity contribution in [2.45, 2.75) is 30.3 Å². The van der Waals surface area contributed by atoms with E-state index in [-0.39, 0.29) is 17.8 Å². The lowest BCUT2D eigenvalue weighted by molar-refractivity contribution is -0.119. The molecule has 1 amide bonds. The van der Waals surface area contributed by atoms with Crippen LogP contribution >= 0.6 is 11.8 Å². The Bertz CT molecular complexity index is 762. The molecule has 0 radical (unpaired) electrons. The first-order chi connectivity index (χ1) is 12.8. The zero-order valence-corrected chi connectivity index (χ0v) is 14.9. The highest BCUT2D eigenvalue weighted by molar-refractivity contribution is 7.99. The van der Waals surface area contributed by atoms with Crippen LogP contribution in [-0.2, 0) is 9.53 Å². The second-order valence-electron chi connectivity index (χ2n) is 6.00. The largest absolute Gasteiger partial charge is 0.485 e. The van der Waals surface area contributed by atoms with E-state index in [1.165, 1.54) is 11.8 Å². The molecular weight excluding hydrogens is 358 g/mol. The number of thioether (sulfide) groups is 1. The Morgan fingerprint density at radius 2 is 2.15 bits per heavy atom. The highest BCUT2D eigenvalue weighted by Gasteiger charge is 2.27. The van der Waals surface area contributed by atoms with Crippen molar-refractivity contribution in [2.24, 2.45) is 0 Å². The molecule has 1 aromatic heterocycles. The van der Waals surface area contributed by atoms with Crippen LogP contribution in [0.2, 0.25) is 0 Å². The predicted octanol–water partition coefficient (Wildman–Crippen LogP) is 1.97. The third-order valence-electron chi connectivity index (χ3n) is 4.08. The Kier molecular flexibility index (Phi) is 5.26. The first-order valence-corrected chi connectivity index (χ1v) is 9.49. The fourth-order valence-electron chi connectivity index (χ4n) is 2.76. The van der Waals surface area contributed by atoms with Crippen LogP contribution in [0.15, 0.2) is 33.9 Å². The molecule has 0 spiro atoms. The maximum absolute atomic E-state index is 11.9. The molecule has 2 aliphatic heterocycles. The maximum Gasteiger partial charge on any atom is 0.277 e. The Labute approximate surface area is 154 Å². The van der Waals surface area contributed by atoms with E-state index < -0.39 is 6.10 Å². The van der Waals surface area contributed by atoms with Gasteiger partial charge in [0.1, 0.15) is 6.61 Å². The molecule has 8 nitrogen and oxygen atoms in total. The van der Waals surface area contributed by atoms with Crippen LogP contribution in [-0.4, -0.2) is 47.7 Å². The van der Waals surface area contributed by atoms with E-state index in [2.05, 4.69) is 15.5 Å². The molecule has 2 atom stereocenters. The molecule has 0 aliphatic carbocycles. The van der Waals surface area contributed by atoms with Crippen LogP contribution in [0, 0.1) is 0 Å². The number of para-hydroxylation sites is 2. The molecule has 1 fully saturated rings. The van der Waals surface area contributed by atoms with Gasteiger partial charge in [0.15, 0.2) is 11.5 Å². The second-order valence-corrected chi connectivity index (χ2v) is 6.92. The molecule has 3 heterocycles. The summed E-state index contributed by atoms with van der Waals surface area (Å²) in [4.78, 5) is 11.9. The summed E-state index contributed by atoms with van der Waals surface area (Å²) in [5.74, 6) is 1.79. The molecule has 2 aromatic rings. The van der Waals surface area contributed by atoms with Crippen LogP contribution in [0.5, 0.6) is 11.5 Å². The molecule has 0 bridgehead atoms. The summed E-state index contributed by atoms with van der Waals surface area (Å²) in [6.45, 7) is 1.61. The summed E-state index contributed by atoms with van der Waals surface area (Å²) >= 11 is 1.19. The molecule has 2 unspecified atom stereocenters. The first-order valence-electron chi connectivity index (χ1n) is 8.51. The van der Waals surface area contributed by atoms with Gasteiger partial charge in [-0.3, -0.25) is 4.79 Å². The minimum Gasteiger partial charge on any atom is -0.485 e. The number of fused-ring (bicyclic) bond motifs is 1. The summed E-state index contributed by atoms with van der Waals surface area (Å²) in [7, 11) is 0. The molecule has 0 saturated carbocycles. The third-order valence-corrected chi connectivity index (χ3v) is 4.90. The molecular formula is C17H19N3O5S. The maximum atomic E-state index is 11.9. The number of nitrogens with one attached hydrogen (secondary N) is 1. The van der Waals surface area contributed by atoms with Gasteiger partial charge in [0.2, 0.25) is 12.0 Å². The molecule has 26 heavy (non-hydrogen) atoms. The van der Waals surface area contributed by atoms with Gasteiger partial charge in [-0.25, -0.2) is 0 Å². The predicted molar refractivity (Wildman–Crippen MR) is 92.3 cm³/mol. The van der Waals surface area contributed by atoms with Crippen LogP contribution in [0.4, 0.5) is 0 Å². The van der Waals surface area contributed by atoms with E-state index >= 15 is 0 Å². The first kappa shape index (κ1) is 17.2. The summed E-state index contributed by atoms with van der Waals surface area (Å²) in [5, 5.41) is 11.2. The average molecular weight is 377 g/mol. The normalized spacial score (nSPS) is 21.5. The van der Waals surface area contributed by atoms with Crippen LogP contribution in [0.3, 0.4) is 0 Å². The lowest BCUT2D eigenvalue weighted by Gasteiger charge is -2.23. The minimum atomic E-state index is -0.458. The monoisotopic (exact) mass is 377 g/mol. The Morgan fingerprint density at radius 1 is 1.27 bits per heavy atom. The topological polar surface area (TPSA) is 95.7 Å². The summed E-state index contributed by atoms with van der Waals surface area (Å²) < 4.78 is 22.5. The van der Waals surface area contributed by atoms with Gasteiger partial charge in [-0.05, 0) is 25.0 Å². The number of nitrogens with zero attached hydrogens (tertiary/aromatic N) is 2. The van der Waals surface area contributed by atoms with Crippen LogP contribution < -0.4 is 14.8 Å². The smallest absolute Gasteiger partial charge is 0.277 e. The number of amides is 1. The van der Waals surface area contributed by atoms with Crippen LogP contribution in [0.1, 0.15) is 24.8 Å². The number of hydrogen-bond acceptors (Lipinski definition) is 8. The van der Waals surface area contributed by atoms with Crippen molar-refractivity contribution >= 4 is 17.7 Å². The number of carbonyl (C=O) groups excluding carboxylic acids is 1. The zero-order chi connectivity index (χ0) is 17.8. The van der Waals surface area contributed by atoms with Crippen LogP contribution in [0.25, 0.3) is 0 Å². The molecule has 1 N–H and O–H groups in total. The van der Waals surface area contributed by atoms with E-state index in [0.29, 0.717) is 35.8 Å². The fourth-order valence-corrected chi connectivity index (χ4v) is 3.36. The highest BCUT2D eigenvalue weighted by Crippen LogP contribution is 2.35. The number of ether oxygens (including phenoxy) is 3. The van der Waals surface area contributed by atoms with Gasteiger partial charge in [-0.15, -0.1) is 10.2 Å². The van der Waals surface area contributed by atoms with Gasteiger partial charge >= 0.3 is 0 Å². The number of benzene rings is 1. The van der Waals surface area contributed by atoms with E-state index in [0.717, 1.165) is 19.4 Å². The van der Waals surface area contributed by atoms with E-state index in [9.17, 15) is 4.79 Å². The summed E-state index contributed by atoms with van der Waals surface area (Å²) in [6.07, 6.45) is 1.72. The molecule has 1 aromatic carbocycles. The molecule has 138 valence electrons. The second kappa shape index (κ2) is 7.96. The lowest BCUT2D eigenvalue weighted by atomic mass is 10.2. The van der Waals surface area contributed by atoms with Crippen molar-refractivity contribution in [3.63, 3.8) is 0 Å².